The maximum atomic E-state index is 13.8. The Morgan fingerprint density at radius 2 is 1.73 bits per heavy atom. The Bertz CT molecular complexity index is 1150. The molecule has 4 rings (SSSR count). The molecule has 2 aromatic heterocycles. The minimum atomic E-state index is -3.06. The number of rotatable bonds is 4. The van der Waals surface area contributed by atoms with Crippen LogP contribution in [0.3, 0.4) is 0 Å². The summed E-state index contributed by atoms with van der Waals surface area (Å²) in [6, 6.07) is 14.8. The third-order valence-corrected chi connectivity index (χ3v) is 4.35. The number of aromatic nitrogens is 3. The molecule has 0 aliphatic rings. The van der Waals surface area contributed by atoms with Crippen molar-refractivity contribution in [3.63, 3.8) is 0 Å². The number of hydrogen-bond donors (Lipinski definition) is 0. The van der Waals surface area contributed by atoms with Gasteiger partial charge in [-0.25, -0.2) is 9.37 Å². The molecule has 0 saturated heterocycles. The van der Waals surface area contributed by atoms with Gasteiger partial charge in [0.25, 0.3) is 0 Å². The molecule has 0 amide bonds. The molecule has 0 radical (unpaired) electrons. The van der Waals surface area contributed by atoms with E-state index in [0.717, 1.165) is 46.4 Å². The molecule has 30 heavy (non-hydrogen) atoms. The first-order chi connectivity index (χ1) is 14.1. The van der Waals surface area contributed by atoms with Crippen LogP contribution in [0.1, 0.15) is 0 Å². The van der Waals surface area contributed by atoms with Gasteiger partial charge in [-0.3, -0.25) is 4.98 Å². The summed E-state index contributed by atoms with van der Waals surface area (Å²) in [5.74, 6) is 0.577. The summed E-state index contributed by atoms with van der Waals surface area (Å²) in [6.45, 7) is 1.57. The minimum absolute atomic E-state index is 0.249. The van der Waals surface area contributed by atoms with E-state index < -0.39 is 11.9 Å². The molecule has 0 aliphatic heterocycles. The monoisotopic (exact) mass is 669 g/mol. The second kappa shape index (κ2) is 10.1. The summed E-state index contributed by atoms with van der Waals surface area (Å²) in [7, 11) is 24.1. The fraction of sp³-hybridized carbons (Fsp3) is 0.200. The average Bonchev–Trinajstić information content (AvgIpc) is 3.02. The van der Waals surface area contributed by atoms with Gasteiger partial charge in [-0.15, -0.1) is 0 Å². The van der Waals surface area contributed by atoms with Crippen molar-refractivity contribution in [3.8, 4) is 11.4 Å². The number of para-hydroxylation sites is 1. The molecule has 4 aromatic rings. The van der Waals surface area contributed by atoms with Crippen molar-refractivity contribution < 1.29 is 16.3 Å². The quantitative estimate of drug-likeness (QED) is 0.242. The molecule has 10 heteroatoms. The maximum absolute atomic E-state index is 13.8. The Morgan fingerprint density at radius 3 is 2.43 bits per heavy atom. The normalized spacial score (nSPS) is 12.3. The topological polar surface area (TPSA) is 34.0 Å². The molecule has 2 aromatic carbocycles. The SMILES string of the molecule is CN(C)CCn1c(-c2cccc3cccnc23)nc2ccc(F)cc21.[Cl][Pt]([Cl])([Cl])[Cl]. The van der Waals surface area contributed by atoms with Crippen molar-refractivity contribution in [1.82, 2.24) is 19.4 Å². The van der Waals surface area contributed by atoms with E-state index in [1.165, 1.54) is 6.07 Å². The van der Waals surface area contributed by atoms with E-state index in [1.807, 2.05) is 44.4 Å². The molecule has 0 saturated carbocycles. The number of likely N-dealkylation sites (N-methyl/N-ethyl adjacent to an activating group) is 1. The molecule has 0 unspecified atom stereocenters. The second-order valence-corrected chi connectivity index (χ2v) is 26.4. The Labute approximate surface area is 193 Å². The first-order valence-electron chi connectivity index (χ1n) is 8.76. The molecule has 164 valence electrons. The van der Waals surface area contributed by atoms with Crippen LogP contribution in [0.2, 0.25) is 0 Å². The van der Waals surface area contributed by atoms with Gasteiger partial charge >= 0.3 is 49.6 Å². The fourth-order valence-corrected chi connectivity index (χ4v) is 3.11. The zero-order valence-electron chi connectivity index (χ0n) is 16.1. The van der Waals surface area contributed by atoms with E-state index in [-0.39, 0.29) is 5.82 Å². The summed E-state index contributed by atoms with van der Waals surface area (Å²) in [6.07, 6.45) is 1.79. The first kappa shape index (κ1) is 23.7. The third kappa shape index (κ3) is 6.29. The molecular weight excluding hydrogens is 652 g/mol. The summed E-state index contributed by atoms with van der Waals surface area (Å²) in [4.78, 5) is 11.4. The van der Waals surface area contributed by atoms with Crippen LogP contribution < -0.4 is 0 Å². The van der Waals surface area contributed by atoms with E-state index in [4.69, 9.17) is 42.7 Å². The van der Waals surface area contributed by atoms with Gasteiger partial charge in [0.05, 0.1) is 16.6 Å². The Hall–Kier alpha value is -0.942. The summed E-state index contributed by atoms with van der Waals surface area (Å²) < 4.78 is 15.9. The molecule has 0 fully saturated rings. The van der Waals surface area contributed by atoms with Crippen molar-refractivity contribution in [2.45, 2.75) is 6.54 Å². The van der Waals surface area contributed by atoms with Gasteiger partial charge in [0, 0.05) is 30.2 Å². The van der Waals surface area contributed by atoms with E-state index in [2.05, 4.69) is 14.5 Å². The van der Waals surface area contributed by atoms with Crippen LogP contribution in [0, 0.1) is 5.82 Å². The standard InChI is InChI=1S/C20H19FN4.4ClH.Pt/c1-24(2)11-12-25-18-13-15(21)8-9-17(18)23-20(25)16-7-3-5-14-6-4-10-22-19(14)16;;;;;/h3-10,13H,11-12H2,1-2H3;4*1H;/q;;;;;+4/p-4. The third-order valence-electron chi connectivity index (χ3n) is 4.35. The van der Waals surface area contributed by atoms with Gasteiger partial charge in [-0.05, 0) is 44.4 Å². The zero-order chi connectivity index (χ0) is 21.9. The van der Waals surface area contributed by atoms with Gasteiger partial charge in [0.1, 0.15) is 11.6 Å². The van der Waals surface area contributed by atoms with Crippen LogP contribution >= 0.6 is 37.7 Å². The number of halogens is 5. The van der Waals surface area contributed by atoms with Crippen molar-refractivity contribution >= 4 is 59.6 Å². The molecular formula is C20H19Cl4FN4Pt. The number of benzene rings is 2. The number of hydrogen-bond acceptors (Lipinski definition) is 3. The molecule has 0 spiro atoms. The number of imidazole rings is 1. The summed E-state index contributed by atoms with van der Waals surface area (Å²) in [5, 5.41) is 1.07. The predicted octanol–water partition coefficient (Wildman–Crippen LogP) is 6.71. The van der Waals surface area contributed by atoms with Crippen LogP contribution in [-0.2, 0) is 18.4 Å². The average molecular weight is 671 g/mol. The van der Waals surface area contributed by atoms with Gasteiger partial charge < -0.3 is 9.47 Å². The number of nitrogens with zero attached hydrogens (tertiary/aromatic N) is 4. The van der Waals surface area contributed by atoms with E-state index in [0.29, 0.717) is 0 Å². The van der Waals surface area contributed by atoms with E-state index in [1.54, 1.807) is 18.3 Å². The van der Waals surface area contributed by atoms with Gasteiger partial charge in [0.2, 0.25) is 0 Å². The molecule has 0 bridgehead atoms. The van der Waals surface area contributed by atoms with Crippen LogP contribution in [-0.4, -0.2) is 40.1 Å². The second-order valence-electron chi connectivity index (χ2n) is 6.68. The van der Waals surface area contributed by atoms with Crippen molar-refractivity contribution in [3.05, 3.63) is 60.5 Å². The predicted molar refractivity (Wildman–Crippen MR) is 122 cm³/mol. The van der Waals surface area contributed by atoms with Crippen LogP contribution in [0.5, 0.6) is 0 Å². The summed E-state index contributed by atoms with van der Waals surface area (Å²) >= 11 is -3.06. The molecule has 0 N–H and O–H groups in total. The van der Waals surface area contributed by atoms with E-state index >= 15 is 0 Å². The Morgan fingerprint density at radius 1 is 1.03 bits per heavy atom. The fourth-order valence-electron chi connectivity index (χ4n) is 3.11. The molecule has 0 atom stereocenters. The van der Waals surface area contributed by atoms with Gasteiger partial charge in [-0.2, -0.15) is 0 Å². The zero-order valence-corrected chi connectivity index (χ0v) is 21.4. The summed E-state index contributed by atoms with van der Waals surface area (Å²) in [5.41, 5.74) is 3.48. The Kier molecular flexibility index (Phi) is 8.00. The van der Waals surface area contributed by atoms with Crippen molar-refractivity contribution in [2.24, 2.45) is 0 Å². The van der Waals surface area contributed by atoms with Crippen molar-refractivity contribution in [2.75, 3.05) is 20.6 Å². The molecule has 4 nitrogen and oxygen atoms in total. The van der Waals surface area contributed by atoms with E-state index in [9.17, 15) is 4.39 Å². The van der Waals surface area contributed by atoms with Crippen LogP contribution in [0.25, 0.3) is 33.3 Å². The first-order valence-corrected chi connectivity index (χ1v) is 20.0. The number of fused-ring (bicyclic) bond motifs is 2. The number of pyridine rings is 1. The van der Waals surface area contributed by atoms with Crippen molar-refractivity contribution in [1.29, 1.82) is 0 Å². The molecule has 2 heterocycles. The van der Waals surface area contributed by atoms with Gasteiger partial charge in [-0.1, -0.05) is 18.2 Å². The van der Waals surface area contributed by atoms with Gasteiger partial charge in [0.15, 0.2) is 0 Å². The van der Waals surface area contributed by atoms with Crippen LogP contribution in [0.15, 0.2) is 54.7 Å². The van der Waals surface area contributed by atoms with Crippen LogP contribution in [0.4, 0.5) is 4.39 Å². The molecule has 0 aliphatic carbocycles. The Balaban J connectivity index is 0.000000461.